The van der Waals surface area contributed by atoms with Crippen molar-refractivity contribution in [1.82, 2.24) is 9.97 Å². The van der Waals surface area contributed by atoms with Crippen LogP contribution in [0.3, 0.4) is 0 Å². The number of rotatable bonds is 2. The summed E-state index contributed by atoms with van der Waals surface area (Å²) >= 11 is 0. The van der Waals surface area contributed by atoms with Crippen molar-refractivity contribution in [3.8, 4) is 11.9 Å². The van der Waals surface area contributed by atoms with Crippen molar-refractivity contribution in [2.45, 2.75) is 25.4 Å². The Morgan fingerprint density at radius 3 is 2.69 bits per heavy atom. The molecule has 0 N–H and O–H groups in total. The quantitative estimate of drug-likeness (QED) is 0.679. The summed E-state index contributed by atoms with van der Waals surface area (Å²) in [6, 6.07) is 1.91. The maximum Gasteiger partial charge on any atom is 0.232 e. The van der Waals surface area contributed by atoms with Gasteiger partial charge < -0.3 is 4.74 Å². The number of nitriles is 1. The highest BCUT2D eigenvalue weighted by Gasteiger charge is 2.19. The molecule has 4 heteroatoms. The molecule has 0 amide bonds. The summed E-state index contributed by atoms with van der Waals surface area (Å²) in [6.07, 6.45) is 6.66. The molecule has 0 aliphatic heterocycles. The summed E-state index contributed by atoms with van der Waals surface area (Å²) < 4.78 is 5.47. The summed E-state index contributed by atoms with van der Waals surface area (Å²) in [4.78, 5) is 7.82. The van der Waals surface area contributed by atoms with E-state index in [0.717, 1.165) is 12.8 Å². The molecule has 1 heterocycles. The molecule has 0 atom stereocenters. The summed E-state index contributed by atoms with van der Waals surface area (Å²) in [5.74, 6) is 0.517. The van der Waals surface area contributed by atoms with Crippen LogP contribution >= 0.6 is 0 Å². The van der Waals surface area contributed by atoms with Crippen molar-refractivity contribution in [2.75, 3.05) is 0 Å². The Hall–Kier alpha value is -1.63. The van der Waals surface area contributed by atoms with Crippen LogP contribution < -0.4 is 4.74 Å². The van der Waals surface area contributed by atoms with E-state index < -0.39 is 0 Å². The van der Waals surface area contributed by atoms with Crippen molar-refractivity contribution >= 4 is 0 Å². The summed E-state index contributed by atoms with van der Waals surface area (Å²) in [5.41, 5.74) is 0.320. The average molecular weight is 175 g/mol. The van der Waals surface area contributed by atoms with Crippen molar-refractivity contribution in [2.24, 2.45) is 0 Å². The third-order valence-electron chi connectivity index (χ3n) is 2.08. The van der Waals surface area contributed by atoms with E-state index in [9.17, 15) is 0 Å². The molecule has 0 bridgehead atoms. The maximum atomic E-state index is 8.47. The zero-order chi connectivity index (χ0) is 9.10. The maximum absolute atomic E-state index is 8.47. The fourth-order valence-corrected chi connectivity index (χ4v) is 1.09. The Balaban J connectivity index is 2.01. The van der Waals surface area contributed by atoms with E-state index in [4.69, 9.17) is 10.00 Å². The van der Waals surface area contributed by atoms with Crippen LogP contribution in [0.4, 0.5) is 0 Å². The van der Waals surface area contributed by atoms with Gasteiger partial charge in [-0.25, -0.2) is 9.97 Å². The van der Waals surface area contributed by atoms with Crippen LogP contribution in [0.1, 0.15) is 25.0 Å². The summed E-state index contributed by atoms with van der Waals surface area (Å²) in [7, 11) is 0. The first-order valence-corrected chi connectivity index (χ1v) is 4.27. The summed E-state index contributed by atoms with van der Waals surface area (Å²) in [6.45, 7) is 0. The minimum absolute atomic E-state index is 0.308. The van der Waals surface area contributed by atoms with Crippen LogP contribution in [0.2, 0.25) is 0 Å². The van der Waals surface area contributed by atoms with Gasteiger partial charge in [0.05, 0.1) is 12.4 Å². The van der Waals surface area contributed by atoms with E-state index >= 15 is 0 Å². The van der Waals surface area contributed by atoms with Gasteiger partial charge in [-0.2, -0.15) is 5.26 Å². The number of nitrogens with zero attached hydrogens (tertiary/aromatic N) is 3. The summed E-state index contributed by atoms with van der Waals surface area (Å²) in [5, 5.41) is 8.47. The molecule has 0 radical (unpaired) electrons. The highest BCUT2D eigenvalue weighted by Crippen LogP contribution is 2.23. The van der Waals surface area contributed by atoms with Gasteiger partial charge in [-0.15, -0.1) is 0 Å². The fourth-order valence-electron chi connectivity index (χ4n) is 1.09. The minimum Gasteiger partial charge on any atom is -0.473 e. The molecule has 0 unspecified atom stereocenters. The lowest BCUT2D eigenvalue weighted by Gasteiger charge is -2.25. The van der Waals surface area contributed by atoms with E-state index in [-0.39, 0.29) is 0 Å². The Morgan fingerprint density at radius 1 is 1.38 bits per heavy atom. The molecular weight excluding hydrogens is 166 g/mol. The SMILES string of the molecule is N#Cc1cnc(OC2CCC2)cn1. The van der Waals surface area contributed by atoms with Crippen LogP contribution in [0.15, 0.2) is 12.4 Å². The van der Waals surface area contributed by atoms with Crippen molar-refractivity contribution in [1.29, 1.82) is 5.26 Å². The van der Waals surface area contributed by atoms with E-state index in [1.54, 1.807) is 0 Å². The number of hydrogen-bond acceptors (Lipinski definition) is 4. The number of aromatic nitrogens is 2. The van der Waals surface area contributed by atoms with Crippen molar-refractivity contribution in [3.63, 3.8) is 0 Å². The van der Waals surface area contributed by atoms with E-state index in [0.29, 0.717) is 17.7 Å². The lowest BCUT2D eigenvalue weighted by molar-refractivity contribution is 0.114. The number of ether oxygens (including phenoxy) is 1. The smallest absolute Gasteiger partial charge is 0.232 e. The molecule has 4 nitrogen and oxygen atoms in total. The molecule has 1 aromatic heterocycles. The molecule has 1 aliphatic rings. The largest absolute Gasteiger partial charge is 0.473 e. The lowest BCUT2D eigenvalue weighted by atomic mass is 9.96. The van der Waals surface area contributed by atoms with E-state index in [1.807, 2.05) is 6.07 Å². The second-order valence-corrected chi connectivity index (χ2v) is 3.02. The van der Waals surface area contributed by atoms with Gasteiger partial charge in [0.25, 0.3) is 0 Å². The standard InChI is InChI=1S/C9H9N3O/c10-4-7-5-12-9(6-11-7)13-8-2-1-3-8/h5-6,8H,1-3H2. The van der Waals surface area contributed by atoms with Crippen molar-refractivity contribution < 1.29 is 4.74 Å². The predicted octanol–water partition coefficient (Wildman–Crippen LogP) is 1.28. The molecule has 0 saturated heterocycles. The normalized spacial score (nSPS) is 15.9. The lowest BCUT2D eigenvalue weighted by Crippen LogP contribution is -2.25. The topological polar surface area (TPSA) is 58.8 Å². The highest BCUT2D eigenvalue weighted by molar-refractivity contribution is 5.18. The van der Waals surface area contributed by atoms with E-state index in [2.05, 4.69) is 9.97 Å². The van der Waals surface area contributed by atoms with Gasteiger partial charge >= 0.3 is 0 Å². The molecule has 66 valence electrons. The molecular formula is C9H9N3O. The Kier molecular flexibility index (Phi) is 2.09. The highest BCUT2D eigenvalue weighted by atomic mass is 16.5. The predicted molar refractivity (Wildman–Crippen MR) is 45.0 cm³/mol. The molecule has 2 rings (SSSR count). The van der Waals surface area contributed by atoms with Gasteiger partial charge in [0.2, 0.25) is 5.88 Å². The second kappa shape index (κ2) is 3.40. The van der Waals surface area contributed by atoms with Gasteiger partial charge in [0.1, 0.15) is 12.2 Å². The zero-order valence-corrected chi connectivity index (χ0v) is 7.10. The number of hydrogen-bond donors (Lipinski definition) is 0. The van der Waals surface area contributed by atoms with Gasteiger partial charge in [-0.05, 0) is 19.3 Å². The molecule has 13 heavy (non-hydrogen) atoms. The van der Waals surface area contributed by atoms with Crippen LogP contribution in [0.25, 0.3) is 0 Å². The molecule has 0 spiro atoms. The molecule has 1 aliphatic carbocycles. The minimum atomic E-state index is 0.308. The first-order chi connectivity index (χ1) is 6.38. The van der Waals surface area contributed by atoms with Gasteiger partial charge in [-0.1, -0.05) is 0 Å². The van der Waals surface area contributed by atoms with Gasteiger partial charge in [-0.3, -0.25) is 0 Å². The first-order valence-electron chi connectivity index (χ1n) is 4.27. The Morgan fingerprint density at radius 2 is 2.23 bits per heavy atom. The molecule has 1 saturated carbocycles. The zero-order valence-electron chi connectivity index (χ0n) is 7.10. The third kappa shape index (κ3) is 1.75. The van der Waals surface area contributed by atoms with Gasteiger partial charge in [0, 0.05) is 0 Å². The molecule has 1 aromatic rings. The van der Waals surface area contributed by atoms with Crippen LogP contribution in [-0.4, -0.2) is 16.1 Å². The van der Waals surface area contributed by atoms with Crippen LogP contribution in [0.5, 0.6) is 5.88 Å². The molecule has 1 fully saturated rings. The molecule has 0 aromatic carbocycles. The Bertz CT molecular complexity index is 324. The second-order valence-electron chi connectivity index (χ2n) is 3.02. The van der Waals surface area contributed by atoms with Crippen molar-refractivity contribution in [3.05, 3.63) is 18.1 Å². The monoisotopic (exact) mass is 175 g/mol. The Labute approximate surface area is 76.2 Å². The van der Waals surface area contributed by atoms with Crippen LogP contribution in [0, 0.1) is 11.3 Å². The van der Waals surface area contributed by atoms with Crippen LogP contribution in [-0.2, 0) is 0 Å². The third-order valence-corrected chi connectivity index (χ3v) is 2.08. The van der Waals surface area contributed by atoms with E-state index in [1.165, 1.54) is 18.8 Å². The fraction of sp³-hybridized carbons (Fsp3) is 0.444. The first kappa shape index (κ1) is 7.99. The van der Waals surface area contributed by atoms with Gasteiger partial charge in [0.15, 0.2) is 5.69 Å². The average Bonchev–Trinajstić information content (AvgIpc) is 2.12.